The van der Waals surface area contributed by atoms with E-state index in [2.05, 4.69) is 15.2 Å². The van der Waals surface area contributed by atoms with Crippen molar-refractivity contribution >= 4 is 40.0 Å². The Balaban J connectivity index is 0.00000225. The van der Waals surface area contributed by atoms with E-state index in [-0.39, 0.29) is 24.0 Å². The maximum absolute atomic E-state index is 12.6. The SMILES string of the molecule is CN=C(NCc1ccccc1S(=O)(=O)N(C)C)N1CC2C3CCC(O3)C2C1.I. The Morgan fingerprint density at radius 2 is 1.82 bits per heavy atom. The van der Waals surface area contributed by atoms with Gasteiger partial charge in [-0.1, -0.05) is 18.2 Å². The van der Waals surface area contributed by atoms with Gasteiger partial charge in [0.1, 0.15) is 0 Å². The number of halogens is 1. The van der Waals surface area contributed by atoms with Crippen LogP contribution in [-0.4, -0.2) is 70.0 Å². The van der Waals surface area contributed by atoms with Crippen molar-refractivity contribution < 1.29 is 13.2 Å². The van der Waals surface area contributed by atoms with Gasteiger partial charge in [-0.15, -0.1) is 24.0 Å². The topological polar surface area (TPSA) is 74.2 Å². The smallest absolute Gasteiger partial charge is 0.242 e. The molecule has 0 aliphatic carbocycles. The lowest BCUT2D eigenvalue weighted by atomic mass is 9.82. The molecular weight excluding hydrogens is 491 g/mol. The number of nitrogens with one attached hydrogen (secondary N) is 1. The molecule has 7 nitrogen and oxygen atoms in total. The minimum atomic E-state index is -3.48. The lowest BCUT2D eigenvalue weighted by molar-refractivity contribution is 0.0767. The average Bonchev–Trinajstić information content (AvgIpc) is 3.35. The third-order valence-electron chi connectivity index (χ3n) is 6.13. The quantitative estimate of drug-likeness (QED) is 0.372. The maximum atomic E-state index is 12.6. The van der Waals surface area contributed by atoms with Crippen LogP contribution in [0.25, 0.3) is 0 Å². The van der Waals surface area contributed by atoms with Crippen LogP contribution in [0.5, 0.6) is 0 Å². The fourth-order valence-corrected chi connectivity index (χ4v) is 5.85. The van der Waals surface area contributed by atoms with Gasteiger partial charge in [0.15, 0.2) is 5.96 Å². The lowest BCUT2D eigenvalue weighted by Crippen LogP contribution is -2.41. The molecule has 0 spiro atoms. The van der Waals surface area contributed by atoms with E-state index >= 15 is 0 Å². The number of aliphatic imine (C=N–C) groups is 1. The van der Waals surface area contributed by atoms with Gasteiger partial charge in [0.05, 0.1) is 17.1 Å². The highest BCUT2D eigenvalue weighted by atomic mass is 127. The molecule has 2 bridgehead atoms. The first-order valence-electron chi connectivity index (χ1n) is 9.53. The fraction of sp³-hybridized carbons (Fsp3) is 0.632. The van der Waals surface area contributed by atoms with Crippen LogP contribution in [0.2, 0.25) is 0 Å². The van der Waals surface area contributed by atoms with Crippen LogP contribution in [0.3, 0.4) is 0 Å². The number of sulfonamides is 1. The third kappa shape index (κ3) is 3.78. The first-order valence-corrected chi connectivity index (χ1v) is 11.0. The standard InChI is InChI=1S/C19H28N4O3S.HI/c1-20-19(23-11-14-15(12-23)17-9-8-16(14)26-17)21-10-13-6-4-5-7-18(13)27(24,25)22(2)3;/h4-7,14-17H,8-12H2,1-3H3,(H,20,21);1H. The van der Waals surface area contributed by atoms with Crippen molar-refractivity contribution in [3.05, 3.63) is 29.8 Å². The largest absolute Gasteiger partial charge is 0.374 e. The minimum absolute atomic E-state index is 0. The molecule has 156 valence electrons. The summed E-state index contributed by atoms with van der Waals surface area (Å²) in [5.41, 5.74) is 0.746. The van der Waals surface area contributed by atoms with Gasteiger partial charge < -0.3 is 15.0 Å². The molecule has 3 aliphatic heterocycles. The molecule has 0 saturated carbocycles. The Labute approximate surface area is 184 Å². The van der Waals surface area contributed by atoms with Gasteiger partial charge in [-0.25, -0.2) is 12.7 Å². The van der Waals surface area contributed by atoms with E-state index in [1.807, 2.05) is 12.1 Å². The number of hydrogen-bond donors (Lipinski definition) is 1. The van der Waals surface area contributed by atoms with Crippen molar-refractivity contribution in [3.8, 4) is 0 Å². The molecule has 0 amide bonds. The van der Waals surface area contributed by atoms with E-state index < -0.39 is 10.0 Å². The van der Waals surface area contributed by atoms with Crippen molar-refractivity contribution in [3.63, 3.8) is 0 Å². The minimum Gasteiger partial charge on any atom is -0.374 e. The lowest BCUT2D eigenvalue weighted by Gasteiger charge is -2.24. The van der Waals surface area contributed by atoms with Crippen LogP contribution in [-0.2, 0) is 21.3 Å². The first kappa shape index (κ1) is 21.8. The third-order valence-corrected chi connectivity index (χ3v) is 8.05. The van der Waals surface area contributed by atoms with Crippen LogP contribution >= 0.6 is 24.0 Å². The number of fused-ring (bicyclic) bond motifs is 5. The number of ether oxygens (including phenoxy) is 1. The normalized spacial score (nSPS) is 29.1. The van der Waals surface area contributed by atoms with Crippen LogP contribution in [0.15, 0.2) is 34.2 Å². The molecule has 28 heavy (non-hydrogen) atoms. The summed E-state index contributed by atoms with van der Waals surface area (Å²) < 4.78 is 32.5. The van der Waals surface area contributed by atoms with Crippen molar-refractivity contribution in [1.82, 2.24) is 14.5 Å². The van der Waals surface area contributed by atoms with E-state index in [4.69, 9.17) is 4.74 Å². The van der Waals surface area contributed by atoms with Gasteiger partial charge in [0.2, 0.25) is 10.0 Å². The van der Waals surface area contributed by atoms with Crippen LogP contribution in [0.4, 0.5) is 0 Å². The van der Waals surface area contributed by atoms with Gasteiger partial charge in [0.25, 0.3) is 0 Å². The predicted octanol–water partition coefficient (Wildman–Crippen LogP) is 1.74. The van der Waals surface area contributed by atoms with Gasteiger partial charge in [-0.05, 0) is 24.5 Å². The van der Waals surface area contributed by atoms with Crippen molar-refractivity contribution in [2.24, 2.45) is 16.8 Å². The Morgan fingerprint density at radius 3 is 2.39 bits per heavy atom. The average molecular weight is 520 g/mol. The van der Waals surface area contributed by atoms with Crippen LogP contribution < -0.4 is 5.32 Å². The summed E-state index contributed by atoms with van der Waals surface area (Å²) in [6, 6.07) is 7.13. The zero-order valence-electron chi connectivity index (χ0n) is 16.5. The molecule has 4 rings (SSSR count). The van der Waals surface area contributed by atoms with Gasteiger partial charge in [0, 0.05) is 52.6 Å². The molecule has 9 heteroatoms. The number of guanidine groups is 1. The molecule has 3 aliphatic rings. The predicted molar refractivity (Wildman–Crippen MR) is 119 cm³/mol. The number of benzene rings is 1. The molecular formula is C19H29IN4O3S. The number of rotatable bonds is 4. The molecule has 1 aromatic carbocycles. The highest BCUT2D eigenvalue weighted by molar-refractivity contribution is 14.0. The molecule has 3 fully saturated rings. The molecule has 1 N–H and O–H groups in total. The number of likely N-dealkylation sites (tertiary alicyclic amines) is 1. The van der Waals surface area contributed by atoms with Crippen LogP contribution in [0, 0.1) is 11.8 Å². The van der Waals surface area contributed by atoms with E-state index in [1.165, 1.54) is 17.1 Å². The Bertz CT molecular complexity index is 827. The Morgan fingerprint density at radius 1 is 1.21 bits per heavy atom. The second-order valence-corrected chi connectivity index (χ2v) is 9.94. The second-order valence-electron chi connectivity index (χ2n) is 7.82. The monoisotopic (exact) mass is 520 g/mol. The Hall–Kier alpha value is -0.910. The summed E-state index contributed by atoms with van der Waals surface area (Å²) in [6.07, 6.45) is 3.19. The van der Waals surface area contributed by atoms with Gasteiger partial charge in [-0.2, -0.15) is 0 Å². The summed E-state index contributed by atoms with van der Waals surface area (Å²) >= 11 is 0. The maximum Gasteiger partial charge on any atom is 0.242 e. The van der Waals surface area contributed by atoms with Crippen molar-refractivity contribution in [2.75, 3.05) is 34.2 Å². The van der Waals surface area contributed by atoms with Crippen molar-refractivity contribution in [1.29, 1.82) is 0 Å². The van der Waals surface area contributed by atoms with E-state index in [0.717, 1.165) is 24.6 Å². The van der Waals surface area contributed by atoms with Crippen LogP contribution in [0.1, 0.15) is 18.4 Å². The zero-order chi connectivity index (χ0) is 19.2. The highest BCUT2D eigenvalue weighted by Gasteiger charge is 2.53. The van der Waals surface area contributed by atoms with E-state index in [9.17, 15) is 8.42 Å². The van der Waals surface area contributed by atoms with Gasteiger partial charge >= 0.3 is 0 Å². The first-order chi connectivity index (χ1) is 12.9. The summed E-state index contributed by atoms with van der Waals surface area (Å²) in [6.45, 7) is 2.34. The summed E-state index contributed by atoms with van der Waals surface area (Å²) in [5, 5.41) is 3.37. The number of hydrogen-bond acceptors (Lipinski definition) is 4. The van der Waals surface area contributed by atoms with E-state index in [1.54, 1.807) is 33.3 Å². The second kappa shape index (κ2) is 8.45. The summed E-state index contributed by atoms with van der Waals surface area (Å²) in [5.74, 6) is 2.04. The molecule has 0 radical (unpaired) electrons. The summed E-state index contributed by atoms with van der Waals surface area (Å²) in [7, 11) is 1.41. The zero-order valence-corrected chi connectivity index (χ0v) is 19.7. The fourth-order valence-electron chi connectivity index (χ4n) is 4.74. The van der Waals surface area contributed by atoms with Gasteiger partial charge in [-0.3, -0.25) is 4.99 Å². The molecule has 3 heterocycles. The van der Waals surface area contributed by atoms with Crippen molar-refractivity contribution in [2.45, 2.75) is 36.5 Å². The molecule has 4 atom stereocenters. The molecule has 3 saturated heterocycles. The van der Waals surface area contributed by atoms with E-state index in [0.29, 0.717) is 35.5 Å². The number of nitrogens with zero attached hydrogens (tertiary/aromatic N) is 3. The molecule has 4 unspecified atom stereocenters. The highest BCUT2D eigenvalue weighted by Crippen LogP contribution is 2.47. The summed E-state index contributed by atoms with van der Waals surface area (Å²) in [4.78, 5) is 7.07. The Kier molecular flexibility index (Phi) is 6.58. The molecule has 0 aromatic heterocycles. The molecule has 1 aromatic rings.